The number of fused-ring (bicyclic) bond motifs is 1. The van der Waals surface area contributed by atoms with Crippen molar-refractivity contribution in [3.63, 3.8) is 0 Å². The summed E-state index contributed by atoms with van der Waals surface area (Å²) in [6, 6.07) is 12.6. The number of halogens is 1. The van der Waals surface area contributed by atoms with Gasteiger partial charge in [-0.3, -0.25) is 4.79 Å². The largest absolute Gasteiger partial charge is 0.329 e. The smallest absolute Gasteiger partial charge is 0.211 e. The highest BCUT2D eigenvalue weighted by molar-refractivity contribution is 6.30. The van der Waals surface area contributed by atoms with Crippen LogP contribution in [0.4, 0.5) is 5.69 Å². The molecule has 0 saturated carbocycles. The number of rotatable bonds is 3. The molecule has 0 saturated heterocycles. The molecule has 5 nitrogen and oxygen atoms in total. The number of nitrogens with one attached hydrogen (secondary N) is 1. The number of hydrogen-bond acceptors (Lipinski definition) is 3. The SMILES string of the molecule is O=CNc1ccc2nn(-c3ccc(Cl)cc3)nc2c1. The molecule has 1 aromatic heterocycles. The van der Waals surface area contributed by atoms with E-state index in [9.17, 15) is 4.79 Å². The maximum atomic E-state index is 10.4. The molecule has 3 aromatic rings. The minimum Gasteiger partial charge on any atom is -0.329 e. The van der Waals surface area contributed by atoms with Gasteiger partial charge in [0.15, 0.2) is 0 Å². The van der Waals surface area contributed by atoms with Crippen molar-refractivity contribution in [3.05, 3.63) is 47.5 Å². The first kappa shape index (κ1) is 11.7. The summed E-state index contributed by atoms with van der Waals surface area (Å²) >= 11 is 5.84. The van der Waals surface area contributed by atoms with Gasteiger partial charge in [0.25, 0.3) is 0 Å². The lowest BCUT2D eigenvalue weighted by Crippen LogP contribution is -1.97. The van der Waals surface area contributed by atoms with E-state index in [1.54, 1.807) is 30.3 Å². The van der Waals surface area contributed by atoms with E-state index in [2.05, 4.69) is 15.5 Å². The Labute approximate surface area is 113 Å². The fourth-order valence-electron chi connectivity index (χ4n) is 1.76. The van der Waals surface area contributed by atoms with Gasteiger partial charge in [-0.25, -0.2) is 0 Å². The van der Waals surface area contributed by atoms with Gasteiger partial charge in [0.1, 0.15) is 11.0 Å². The lowest BCUT2D eigenvalue weighted by atomic mass is 10.3. The molecule has 0 aliphatic rings. The average Bonchev–Trinajstić information content (AvgIpc) is 2.83. The molecule has 0 fully saturated rings. The van der Waals surface area contributed by atoms with Crippen molar-refractivity contribution in [2.75, 3.05) is 5.32 Å². The van der Waals surface area contributed by atoms with Gasteiger partial charge in [0, 0.05) is 10.7 Å². The molecule has 2 aromatic carbocycles. The molecule has 0 bridgehead atoms. The molecule has 0 atom stereocenters. The topological polar surface area (TPSA) is 59.8 Å². The van der Waals surface area contributed by atoms with Gasteiger partial charge in [-0.15, -0.1) is 10.2 Å². The molecule has 19 heavy (non-hydrogen) atoms. The van der Waals surface area contributed by atoms with Crippen molar-refractivity contribution in [1.29, 1.82) is 0 Å². The third-order valence-electron chi connectivity index (χ3n) is 2.66. The summed E-state index contributed by atoms with van der Waals surface area (Å²) in [7, 11) is 0. The Morgan fingerprint density at radius 3 is 2.53 bits per heavy atom. The van der Waals surface area contributed by atoms with Crippen LogP contribution < -0.4 is 5.32 Å². The van der Waals surface area contributed by atoms with E-state index in [4.69, 9.17) is 11.6 Å². The molecular formula is C13H9ClN4O. The maximum absolute atomic E-state index is 10.4. The second-order valence-corrected chi connectivity index (χ2v) is 4.37. The zero-order chi connectivity index (χ0) is 13.2. The van der Waals surface area contributed by atoms with Gasteiger partial charge < -0.3 is 5.32 Å². The van der Waals surface area contributed by atoms with Gasteiger partial charge in [0.05, 0.1) is 5.69 Å². The van der Waals surface area contributed by atoms with E-state index < -0.39 is 0 Å². The van der Waals surface area contributed by atoms with Crippen LogP contribution in [0.2, 0.25) is 5.02 Å². The number of anilines is 1. The lowest BCUT2D eigenvalue weighted by molar-refractivity contribution is -0.105. The number of nitrogens with zero attached hydrogens (tertiary/aromatic N) is 3. The predicted octanol–water partition coefficient (Wildman–Crippen LogP) is 2.64. The average molecular weight is 273 g/mol. The summed E-state index contributed by atoms with van der Waals surface area (Å²) in [4.78, 5) is 11.9. The van der Waals surface area contributed by atoms with Crippen molar-refractivity contribution in [2.45, 2.75) is 0 Å². The molecule has 1 N–H and O–H groups in total. The van der Waals surface area contributed by atoms with E-state index in [1.807, 2.05) is 12.1 Å². The molecule has 0 unspecified atom stereocenters. The number of carbonyl (C=O) groups excluding carboxylic acids is 1. The molecule has 3 rings (SSSR count). The number of benzene rings is 2. The molecule has 0 radical (unpaired) electrons. The number of aromatic nitrogens is 3. The Hall–Kier alpha value is -2.40. The van der Waals surface area contributed by atoms with E-state index in [1.165, 1.54) is 4.80 Å². The monoisotopic (exact) mass is 272 g/mol. The van der Waals surface area contributed by atoms with Crippen molar-refractivity contribution in [3.8, 4) is 5.69 Å². The van der Waals surface area contributed by atoms with Crippen LogP contribution >= 0.6 is 11.6 Å². The summed E-state index contributed by atoms with van der Waals surface area (Å²) in [5, 5.41) is 12.0. The van der Waals surface area contributed by atoms with E-state index in [-0.39, 0.29) is 0 Å². The highest BCUT2D eigenvalue weighted by Crippen LogP contribution is 2.18. The standard InChI is InChI=1S/C13H9ClN4O/c14-9-1-4-11(5-2-9)18-16-12-6-3-10(15-8-19)7-13(12)17-18/h1-8H,(H,15,19). The quantitative estimate of drug-likeness (QED) is 0.746. The summed E-state index contributed by atoms with van der Waals surface area (Å²) in [5.41, 5.74) is 2.98. The number of hydrogen-bond donors (Lipinski definition) is 1. The summed E-state index contributed by atoms with van der Waals surface area (Å²) < 4.78 is 0. The first-order valence-electron chi connectivity index (χ1n) is 5.59. The molecule has 0 aliphatic heterocycles. The Morgan fingerprint density at radius 2 is 1.79 bits per heavy atom. The Morgan fingerprint density at radius 1 is 1.05 bits per heavy atom. The van der Waals surface area contributed by atoms with Crippen molar-refractivity contribution < 1.29 is 4.79 Å². The van der Waals surface area contributed by atoms with Gasteiger partial charge in [0.2, 0.25) is 6.41 Å². The second kappa shape index (κ2) is 4.70. The highest BCUT2D eigenvalue weighted by atomic mass is 35.5. The van der Waals surface area contributed by atoms with Gasteiger partial charge >= 0.3 is 0 Å². The van der Waals surface area contributed by atoms with Gasteiger partial charge in [-0.2, -0.15) is 4.80 Å². The fourth-order valence-corrected chi connectivity index (χ4v) is 1.89. The highest BCUT2D eigenvalue weighted by Gasteiger charge is 2.05. The molecule has 1 heterocycles. The number of carbonyl (C=O) groups is 1. The second-order valence-electron chi connectivity index (χ2n) is 3.93. The molecule has 6 heteroatoms. The lowest BCUT2D eigenvalue weighted by Gasteiger charge is -1.97. The van der Waals surface area contributed by atoms with Crippen LogP contribution in [0, 0.1) is 0 Å². The Balaban J connectivity index is 2.05. The number of amides is 1. The Kier molecular flexibility index (Phi) is 2.89. The zero-order valence-corrected chi connectivity index (χ0v) is 10.5. The van der Waals surface area contributed by atoms with Crippen LogP contribution in [0.1, 0.15) is 0 Å². The van der Waals surface area contributed by atoms with E-state index in [0.29, 0.717) is 22.6 Å². The third kappa shape index (κ3) is 2.28. The van der Waals surface area contributed by atoms with Gasteiger partial charge in [-0.05, 0) is 42.5 Å². The molecular weight excluding hydrogens is 264 g/mol. The van der Waals surface area contributed by atoms with Crippen LogP contribution in [0.25, 0.3) is 16.7 Å². The van der Waals surface area contributed by atoms with Crippen LogP contribution in [0.15, 0.2) is 42.5 Å². The first-order chi connectivity index (χ1) is 9.26. The summed E-state index contributed by atoms with van der Waals surface area (Å²) in [6.07, 6.45) is 0.630. The Bertz CT molecular complexity index is 736. The van der Waals surface area contributed by atoms with E-state index in [0.717, 1.165) is 11.2 Å². The summed E-state index contributed by atoms with van der Waals surface area (Å²) in [6.45, 7) is 0. The summed E-state index contributed by atoms with van der Waals surface area (Å²) in [5.74, 6) is 0. The zero-order valence-electron chi connectivity index (χ0n) is 9.75. The van der Waals surface area contributed by atoms with E-state index >= 15 is 0 Å². The molecule has 0 aliphatic carbocycles. The molecule has 1 amide bonds. The fraction of sp³-hybridized carbons (Fsp3) is 0. The van der Waals surface area contributed by atoms with Gasteiger partial charge in [-0.1, -0.05) is 11.6 Å². The van der Waals surface area contributed by atoms with Crippen LogP contribution in [-0.4, -0.2) is 21.4 Å². The van der Waals surface area contributed by atoms with Crippen LogP contribution in [-0.2, 0) is 4.79 Å². The molecule has 0 spiro atoms. The maximum Gasteiger partial charge on any atom is 0.211 e. The van der Waals surface area contributed by atoms with Crippen molar-refractivity contribution >= 4 is 34.7 Å². The first-order valence-corrected chi connectivity index (χ1v) is 5.97. The normalized spacial score (nSPS) is 10.6. The predicted molar refractivity (Wildman–Crippen MR) is 73.6 cm³/mol. The van der Waals surface area contributed by atoms with Crippen LogP contribution in [0.5, 0.6) is 0 Å². The third-order valence-corrected chi connectivity index (χ3v) is 2.92. The minimum atomic E-state index is 0.630. The van der Waals surface area contributed by atoms with Crippen molar-refractivity contribution in [2.24, 2.45) is 0 Å². The minimum absolute atomic E-state index is 0.630. The van der Waals surface area contributed by atoms with Crippen LogP contribution in [0.3, 0.4) is 0 Å². The molecule has 94 valence electrons. The van der Waals surface area contributed by atoms with Crippen molar-refractivity contribution in [1.82, 2.24) is 15.0 Å².